The van der Waals surface area contributed by atoms with Crippen LogP contribution in [-0.4, -0.2) is 21.8 Å². The third-order valence-electron chi connectivity index (χ3n) is 4.55. The summed E-state index contributed by atoms with van der Waals surface area (Å²) in [5, 5.41) is 14.0. The molecular formula is C21H13ClFN3O5. The van der Waals surface area contributed by atoms with Crippen LogP contribution in [-0.2, 0) is 11.3 Å². The van der Waals surface area contributed by atoms with Crippen LogP contribution in [0.5, 0.6) is 0 Å². The number of hydrogen-bond acceptors (Lipinski definition) is 5. The van der Waals surface area contributed by atoms with Crippen molar-refractivity contribution in [3.8, 4) is 11.3 Å². The van der Waals surface area contributed by atoms with Crippen molar-refractivity contribution < 1.29 is 23.3 Å². The molecule has 1 aliphatic heterocycles. The molecule has 1 N–H and O–H groups in total. The fourth-order valence-corrected chi connectivity index (χ4v) is 3.24. The Morgan fingerprint density at radius 3 is 2.58 bits per heavy atom. The highest BCUT2D eigenvalue weighted by molar-refractivity contribution is 6.30. The van der Waals surface area contributed by atoms with Crippen molar-refractivity contribution >= 4 is 35.3 Å². The highest BCUT2D eigenvalue weighted by Crippen LogP contribution is 2.33. The molecule has 0 saturated carbocycles. The third kappa shape index (κ3) is 4.17. The van der Waals surface area contributed by atoms with Crippen LogP contribution in [0.25, 0.3) is 17.4 Å². The van der Waals surface area contributed by atoms with Gasteiger partial charge in [0.15, 0.2) is 0 Å². The molecule has 156 valence electrons. The van der Waals surface area contributed by atoms with Crippen molar-refractivity contribution in [3.63, 3.8) is 0 Å². The van der Waals surface area contributed by atoms with E-state index in [1.54, 1.807) is 0 Å². The third-order valence-corrected chi connectivity index (χ3v) is 4.79. The number of furan rings is 1. The minimum Gasteiger partial charge on any atom is -0.456 e. The molecule has 2 heterocycles. The predicted octanol–water partition coefficient (Wildman–Crippen LogP) is 4.74. The zero-order chi connectivity index (χ0) is 22.1. The van der Waals surface area contributed by atoms with Gasteiger partial charge in [-0.3, -0.25) is 19.8 Å². The van der Waals surface area contributed by atoms with Gasteiger partial charge in [0.2, 0.25) is 0 Å². The Hall–Kier alpha value is -3.98. The average molecular weight is 442 g/mol. The Kier molecular flexibility index (Phi) is 5.26. The van der Waals surface area contributed by atoms with Gasteiger partial charge in [0, 0.05) is 17.2 Å². The molecule has 1 aromatic heterocycles. The van der Waals surface area contributed by atoms with Crippen LogP contribution in [0.1, 0.15) is 11.3 Å². The van der Waals surface area contributed by atoms with Gasteiger partial charge in [0.25, 0.3) is 11.6 Å². The van der Waals surface area contributed by atoms with E-state index in [4.69, 9.17) is 16.0 Å². The second kappa shape index (κ2) is 8.04. The normalized spacial score (nSPS) is 14.9. The number of carbonyl (C=O) groups excluding carboxylic acids is 2. The van der Waals surface area contributed by atoms with Crippen LogP contribution in [0.3, 0.4) is 0 Å². The van der Waals surface area contributed by atoms with E-state index in [0.717, 1.165) is 4.90 Å². The van der Waals surface area contributed by atoms with Crippen LogP contribution in [0.15, 0.2) is 64.7 Å². The number of rotatable bonds is 5. The fourth-order valence-electron chi connectivity index (χ4n) is 3.07. The maximum absolute atomic E-state index is 13.0. The molecule has 1 saturated heterocycles. The number of hydrogen-bond donors (Lipinski definition) is 1. The summed E-state index contributed by atoms with van der Waals surface area (Å²) in [6.45, 7) is -0.0251. The van der Waals surface area contributed by atoms with E-state index in [1.165, 1.54) is 60.7 Å². The largest absolute Gasteiger partial charge is 0.456 e. The lowest BCUT2D eigenvalue weighted by atomic mass is 10.1. The first kappa shape index (κ1) is 20.3. The van der Waals surface area contributed by atoms with Crippen LogP contribution < -0.4 is 5.32 Å². The summed E-state index contributed by atoms with van der Waals surface area (Å²) in [6.07, 6.45) is 1.33. The fraction of sp³-hybridized carbons (Fsp3) is 0.0476. The number of nitro groups is 1. The van der Waals surface area contributed by atoms with Crippen molar-refractivity contribution in [1.82, 2.24) is 10.2 Å². The van der Waals surface area contributed by atoms with Gasteiger partial charge in [-0.05, 0) is 42.0 Å². The maximum atomic E-state index is 13.0. The standard InChI is InChI=1S/C21H13ClFN3O5/c22-13-3-7-16(18(9-13)26(29)30)19-8-6-15(31-19)10-17-20(27)25(21(28)24-17)11-12-1-4-14(23)5-2-12/h1-10H,11H2,(H,24,28)/b17-10+. The number of nitro benzene ring substituents is 1. The minimum absolute atomic E-state index is 0.0152. The van der Waals surface area contributed by atoms with Crippen LogP contribution in [0.4, 0.5) is 14.9 Å². The molecule has 0 atom stereocenters. The number of halogens is 2. The Morgan fingerprint density at radius 1 is 1.13 bits per heavy atom. The second-order valence-corrected chi connectivity index (χ2v) is 7.06. The van der Waals surface area contributed by atoms with Crippen LogP contribution in [0, 0.1) is 15.9 Å². The number of imide groups is 1. The van der Waals surface area contributed by atoms with Crippen molar-refractivity contribution in [2.45, 2.75) is 6.54 Å². The SMILES string of the molecule is O=C1N/C(=C/c2ccc(-c3ccc(Cl)cc3[N+](=O)[O-])o2)C(=O)N1Cc1ccc(F)cc1. The molecule has 3 aromatic rings. The summed E-state index contributed by atoms with van der Waals surface area (Å²) in [4.78, 5) is 36.5. The lowest BCUT2D eigenvalue weighted by molar-refractivity contribution is -0.384. The molecule has 0 aliphatic carbocycles. The summed E-state index contributed by atoms with van der Waals surface area (Å²) >= 11 is 5.83. The molecule has 0 bridgehead atoms. The average Bonchev–Trinajstić information content (AvgIpc) is 3.29. The summed E-state index contributed by atoms with van der Waals surface area (Å²) in [5.74, 6) is -0.581. The number of benzene rings is 2. The van der Waals surface area contributed by atoms with Gasteiger partial charge in [0.1, 0.15) is 23.0 Å². The Morgan fingerprint density at radius 2 is 1.87 bits per heavy atom. The van der Waals surface area contributed by atoms with E-state index < -0.39 is 22.7 Å². The van der Waals surface area contributed by atoms with Crippen molar-refractivity contribution in [2.24, 2.45) is 0 Å². The second-order valence-electron chi connectivity index (χ2n) is 6.63. The Bertz CT molecular complexity index is 1240. The molecule has 31 heavy (non-hydrogen) atoms. The van der Waals surface area contributed by atoms with E-state index in [-0.39, 0.29) is 40.0 Å². The topological polar surface area (TPSA) is 106 Å². The maximum Gasteiger partial charge on any atom is 0.329 e. The summed E-state index contributed by atoms with van der Waals surface area (Å²) in [7, 11) is 0. The molecule has 0 spiro atoms. The van der Waals surface area contributed by atoms with Gasteiger partial charge in [0.05, 0.1) is 17.0 Å². The minimum atomic E-state index is -0.624. The molecule has 2 aromatic carbocycles. The first-order valence-electron chi connectivity index (χ1n) is 8.95. The molecule has 10 heteroatoms. The molecule has 0 radical (unpaired) electrons. The van der Waals surface area contributed by atoms with Gasteiger partial charge in [-0.25, -0.2) is 9.18 Å². The van der Waals surface area contributed by atoms with E-state index in [0.29, 0.717) is 5.56 Å². The van der Waals surface area contributed by atoms with Crippen LogP contribution >= 0.6 is 11.6 Å². The predicted molar refractivity (Wildman–Crippen MR) is 109 cm³/mol. The van der Waals surface area contributed by atoms with Crippen molar-refractivity contribution in [3.05, 3.63) is 92.6 Å². The Labute approximate surface area is 179 Å². The highest BCUT2D eigenvalue weighted by atomic mass is 35.5. The highest BCUT2D eigenvalue weighted by Gasteiger charge is 2.33. The quantitative estimate of drug-likeness (QED) is 0.266. The lowest BCUT2D eigenvalue weighted by Crippen LogP contribution is -2.30. The lowest BCUT2D eigenvalue weighted by Gasteiger charge is -2.11. The van der Waals surface area contributed by atoms with Gasteiger partial charge in [-0.15, -0.1) is 0 Å². The van der Waals surface area contributed by atoms with Gasteiger partial charge < -0.3 is 9.73 Å². The van der Waals surface area contributed by atoms with Crippen molar-refractivity contribution in [1.29, 1.82) is 0 Å². The van der Waals surface area contributed by atoms with Gasteiger partial charge in [-0.1, -0.05) is 23.7 Å². The number of amides is 3. The zero-order valence-electron chi connectivity index (χ0n) is 15.7. The molecular weight excluding hydrogens is 429 g/mol. The number of carbonyl (C=O) groups is 2. The number of nitrogens with one attached hydrogen (secondary N) is 1. The molecule has 1 fully saturated rings. The molecule has 3 amide bonds. The number of nitrogens with zero attached hydrogens (tertiary/aromatic N) is 2. The smallest absolute Gasteiger partial charge is 0.329 e. The van der Waals surface area contributed by atoms with E-state index in [9.17, 15) is 24.1 Å². The van der Waals surface area contributed by atoms with Gasteiger partial charge >= 0.3 is 6.03 Å². The van der Waals surface area contributed by atoms with E-state index in [2.05, 4.69) is 5.32 Å². The molecule has 8 nitrogen and oxygen atoms in total. The summed E-state index contributed by atoms with van der Waals surface area (Å²) in [5.41, 5.74) is 0.565. The molecule has 0 unspecified atom stereocenters. The van der Waals surface area contributed by atoms with E-state index in [1.807, 2.05) is 0 Å². The first-order chi connectivity index (χ1) is 14.8. The summed E-state index contributed by atoms with van der Waals surface area (Å²) in [6, 6.07) is 12.0. The molecule has 4 rings (SSSR count). The zero-order valence-corrected chi connectivity index (χ0v) is 16.4. The first-order valence-corrected chi connectivity index (χ1v) is 9.33. The van der Waals surface area contributed by atoms with E-state index >= 15 is 0 Å². The van der Waals surface area contributed by atoms with Crippen LogP contribution in [0.2, 0.25) is 5.02 Å². The molecule has 1 aliphatic rings. The Balaban J connectivity index is 1.57. The summed E-state index contributed by atoms with van der Waals surface area (Å²) < 4.78 is 18.7. The monoisotopic (exact) mass is 441 g/mol. The number of urea groups is 1. The van der Waals surface area contributed by atoms with Gasteiger partial charge in [-0.2, -0.15) is 0 Å². The van der Waals surface area contributed by atoms with Crippen molar-refractivity contribution in [2.75, 3.05) is 0 Å².